The fraction of sp³-hybridized carbons (Fsp3) is 0.600. The van der Waals surface area contributed by atoms with Crippen LogP contribution >= 0.6 is 11.8 Å². The first-order valence-corrected chi connectivity index (χ1v) is 8.13. The second kappa shape index (κ2) is 6.95. The van der Waals surface area contributed by atoms with Gasteiger partial charge in [-0.15, -0.1) is 11.8 Å². The van der Waals surface area contributed by atoms with E-state index in [1.165, 1.54) is 13.4 Å². The van der Waals surface area contributed by atoms with Crippen molar-refractivity contribution in [3.63, 3.8) is 0 Å². The molecule has 20 heavy (non-hydrogen) atoms. The molecule has 0 rings (SSSR count). The van der Waals surface area contributed by atoms with Gasteiger partial charge in [-0.3, -0.25) is 10.7 Å². The molecule has 0 spiro atoms. The number of hydrogen-bond acceptors (Lipinski definition) is 7. The Morgan fingerprint density at radius 3 is 2.15 bits per heavy atom. The number of amides is 1. The summed E-state index contributed by atoms with van der Waals surface area (Å²) in [5, 5.41) is 14.8. The van der Waals surface area contributed by atoms with Crippen LogP contribution in [-0.2, 0) is 19.5 Å². The molecule has 0 radical (unpaired) electrons. The number of nitrogens with two attached hydrogens (primary N) is 1. The molecule has 0 saturated heterocycles. The standard InChI is InChI=1S/C10H19N3O5S2/c1-10(2,3)18-9(14)13-7(11)6(17-4)8(19-5)20(12,15)16/h1-5H3,(H2,11,13,14)(H2,12,15,16)/b8-6-. The number of primary sulfonamides is 1. The van der Waals surface area contributed by atoms with Gasteiger partial charge >= 0.3 is 6.09 Å². The monoisotopic (exact) mass is 325 g/mol. The van der Waals surface area contributed by atoms with Gasteiger partial charge in [-0.1, -0.05) is 0 Å². The van der Waals surface area contributed by atoms with Crippen LogP contribution in [0, 0.1) is 5.41 Å². The number of rotatable bonds is 4. The Kier molecular flexibility index (Phi) is 6.51. The maximum Gasteiger partial charge on any atom is 0.413 e. The molecule has 0 aromatic rings. The largest absolute Gasteiger partial charge is 0.491 e. The van der Waals surface area contributed by atoms with Gasteiger partial charge in [0.2, 0.25) is 10.0 Å². The van der Waals surface area contributed by atoms with Crippen LogP contribution in [0.2, 0.25) is 0 Å². The Morgan fingerprint density at radius 1 is 1.35 bits per heavy atom. The van der Waals surface area contributed by atoms with Crippen molar-refractivity contribution in [3.05, 3.63) is 10.00 Å². The van der Waals surface area contributed by atoms with E-state index in [-0.39, 0.29) is 10.00 Å². The summed E-state index contributed by atoms with van der Waals surface area (Å²) < 4.78 is 32.1. The lowest BCUT2D eigenvalue weighted by Gasteiger charge is -2.20. The lowest BCUT2D eigenvalue weighted by atomic mass is 10.2. The SMILES string of the molecule is CO/C(C(=N)NC(=O)OC(C)(C)C)=C(/SC)S(N)(=O)=O. The van der Waals surface area contributed by atoms with Crippen LogP contribution in [-0.4, -0.2) is 39.3 Å². The minimum Gasteiger partial charge on any atom is -0.491 e. The van der Waals surface area contributed by atoms with E-state index in [1.54, 1.807) is 20.8 Å². The fourth-order valence-corrected chi connectivity index (χ4v) is 2.83. The molecule has 0 aliphatic carbocycles. The summed E-state index contributed by atoms with van der Waals surface area (Å²) in [7, 11) is -2.89. The lowest BCUT2D eigenvalue weighted by molar-refractivity contribution is 0.0561. The molecule has 116 valence electrons. The van der Waals surface area contributed by atoms with Gasteiger partial charge in [0.05, 0.1) is 7.11 Å². The number of hydrogen-bond donors (Lipinski definition) is 3. The molecular formula is C10H19N3O5S2. The minimum absolute atomic E-state index is 0.356. The van der Waals surface area contributed by atoms with Crippen LogP contribution in [0.4, 0.5) is 4.79 Å². The van der Waals surface area contributed by atoms with Crippen molar-refractivity contribution in [2.75, 3.05) is 13.4 Å². The highest BCUT2D eigenvalue weighted by atomic mass is 32.3. The highest BCUT2D eigenvalue weighted by Crippen LogP contribution is 2.22. The first-order chi connectivity index (χ1) is 8.92. The molecule has 0 aliphatic rings. The molecule has 0 unspecified atom stereocenters. The quantitative estimate of drug-likeness (QED) is 0.400. The van der Waals surface area contributed by atoms with E-state index in [0.717, 1.165) is 11.8 Å². The summed E-state index contributed by atoms with van der Waals surface area (Å²) in [6, 6.07) is 0. The van der Waals surface area contributed by atoms with Crippen molar-refractivity contribution in [2.24, 2.45) is 5.14 Å². The van der Waals surface area contributed by atoms with Crippen molar-refractivity contribution in [1.29, 1.82) is 5.41 Å². The Labute approximate surface area is 122 Å². The molecule has 0 aliphatic heterocycles. The zero-order valence-electron chi connectivity index (χ0n) is 11.9. The molecule has 0 aromatic heterocycles. The van der Waals surface area contributed by atoms with Gasteiger partial charge in [-0.2, -0.15) is 0 Å². The van der Waals surface area contributed by atoms with Crippen LogP contribution < -0.4 is 10.5 Å². The number of amidine groups is 1. The van der Waals surface area contributed by atoms with Gasteiger partial charge in [0.25, 0.3) is 0 Å². The van der Waals surface area contributed by atoms with Crippen LogP contribution in [0.25, 0.3) is 0 Å². The van der Waals surface area contributed by atoms with Crippen molar-refractivity contribution in [2.45, 2.75) is 26.4 Å². The summed E-state index contributed by atoms with van der Waals surface area (Å²) in [4.78, 5) is 11.5. The van der Waals surface area contributed by atoms with E-state index in [4.69, 9.17) is 20.0 Å². The van der Waals surface area contributed by atoms with E-state index in [0.29, 0.717) is 0 Å². The maximum atomic E-state index is 11.5. The number of thioether (sulfide) groups is 1. The molecule has 1 amide bonds. The van der Waals surface area contributed by atoms with Gasteiger partial charge in [-0.05, 0) is 27.0 Å². The Hall–Kier alpha value is -1.26. The van der Waals surface area contributed by atoms with Gasteiger partial charge < -0.3 is 9.47 Å². The number of alkyl carbamates (subject to hydrolysis) is 1. The Morgan fingerprint density at radius 2 is 1.85 bits per heavy atom. The Balaban J connectivity index is 5.25. The second-order valence-corrected chi connectivity index (χ2v) is 7.14. The third kappa shape index (κ3) is 6.26. The predicted octanol–water partition coefficient (Wildman–Crippen LogP) is 0.955. The van der Waals surface area contributed by atoms with Crippen molar-refractivity contribution in [1.82, 2.24) is 5.32 Å². The smallest absolute Gasteiger partial charge is 0.413 e. The summed E-state index contributed by atoms with van der Waals surface area (Å²) in [6.07, 6.45) is 0.561. The van der Waals surface area contributed by atoms with E-state index in [2.05, 4.69) is 5.32 Å². The second-order valence-electron chi connectivity index (χ2n) is 4.57. The highest BCUT2D eigenvalue weighted by molar-refractivity contribution is 8.17. The van der Waals surface area contributed by atoms with Crippen molar-refractivity contribution < 1.29 is 22.7 Å². The van der Waals surface area contributed by atoms with E-state index in [9.17, 15) is 13.2 Å². The fourth-order valence-electron chi connectivity index (χ4n) is 1.09. The maximum absolute atomic E-state index is 11.5. The number of carbonyl (C=O) groups is 1. The lowest BCUT2D eigenvalue weighted by Crippen LogP contribution is -2.37. The number of ether oxygens (including phenoxy) is 2. The molecule has 0 heterocycles. The van der Waals surface area contributed by atoms with E-state index < -0.39 is 27.6 Å². The highest BCUT2D eigenvalue weighted by Gasteiger charge is 2.24. The van der Waals surface area contributed by atoms with Crippen molar-refractivity contribution >= 4 is 33.7 Å². The third-order valence-electron chi connectivity index (χ3n) is 1.69. The Bertz CT molecular complexity index is 520. The van der Waals surface area contributed by atoms with Crippen molar-refractivity contribution in [3.8, 4) is 0 Å². The number of carbonyl (C=O) groups excluding carboxylic acids is 1. The summed E-state index contributed by atoms with van der Waals surface area (Å²) in [6.45, 7) is 4.96. The molecule has 0 atom stereocenters. The third-order valence-corrected chi connectivity index (χ3v) is 4.14. The molecule has 4 N–H and O–H groups in total. The molecule has 0 saturated carbocycles. The topological polar surface area (TPSA) is 132 Å². The average Bonchev–Trinajstić information content (AvgIpc) is 2.20. The van der Waals surface area contributed by atoms with Gasteiger partial charge in [-0.25, -0.2) is 18.4 Å². The summed E-state index contributed by atoms with van der Waals surface area (Å²) in [5.74, 6) is -0.911. The van der Waals surface area contributed by atoms with Gasteiger partial charge in [0.1, 0.15) is 5.60 Å². The van der Waals surface area contributed by atoms with Gasteiger partial charge in [0.15, 0.2) is 15.8 Å². The van der Waals surface area contributed by atoms with Crippen LogP contribution in [0.3, 0.4) is 0 Å². The van der Waals surface area contributed by atoms with Crippen LogP contribution in [0.5, 0.6) is 0 Å². The predicted molar refractivity (Wildman–Crippen MR) is 77.8 cm³/mol. The average molecular weight is 325 g/mol. The molecule has 0 bridgehead atoms. The first kappa shape index (κ1) is 18.7. The molecular weight excluding hydrogens is 306 g/mol. The zero-order chi connectivity index (χ0) is 16.1. The molecule has 8 nitrogen and oxygen atoms in total. The number of sulfonamides is 1. The van der Waals surface area contributed by atoms with Crippen LogP contribution in [0.1, 0.15) is 20.8 Å². The zero-order valence-corrected chi connectivity index (χ0v) is 13.6. The molecule has 10 heteroatoms. The summed E-state index contributed by atoms with van der Waals surface area (Å²) in [5.41, 5.74) is -0.746. The van der Waals surface area contributed by atoms with Crippen LogP contribution in [0.15, 0.2) is 10.00 Å². The normalized spacial score (nSPS) is 13.3. The number of methoxy groups -OCH3 is 1. The molecule has 0 aromatic carbocycles. The van der Waals surface area contributed by atoms with Gasteiger partial charge in [0, 0.05) is 0 Å². The van der Waals surface area contributed by atoms with E-state index in [1.807, 2.05) is 0 Å². The molecule has 0 fully saturated rings. The van der Waals surface area contributed by atoms with E-state index >= 15 is 0 Å². The summed E-state index contributed by atoms with van der Waals surface area (Å²) >= 11 is 0.787. The number of nitrogens with one attached hydrogen (secondary N) is 2. The minimum atomic E-state index is -4.06. The first-order valence-electron chi connectivity index (χ1n) is 5.36.